The smallest absolute Gasteiger partial charge is 0.253 e. The molecule has 0 bridgehead atoms. The summed E-state index contributed by atoms with van der Waals surface area (Å²) in [6.07, 6.45) is 0.388. The van der Waals surface area contributed by atoms with E-state index in [0.717, 1.165) is 22.2 Å². The molecule has 1 heterocycles. The van der Waals surface area contributed by atoms with E-state index in [-0.39, 0.29) is 18.0 Å². The number of aryl methyl sites for hydroxylation is 1. The van der Waals surface area contributed by atoms with Crippen molar-refractivity contribution in [3.63, 3.8) is 0 Å². The maximum atomic E-state index is 12.4. The minimum absolute atomic E-state index is 0.00963. The number of hydrogen-bond donors (Lipinski definition) is 1. The van der Waals surface area contributed by atoms with Gasteiger partial charge in [0.25, 0.3) is 5.56 Å². The molecule has 0 saturated heterocycles. The highest BCUT2D eigenvalue weighted by molar-refractivity contribution is 5.93. The summed E-state index contributed by atoms with van der Waals surface area (Å²) in [5, 5.41) is 0.965. The van der Waals surface area contributed by atoms with Gasteiger partial charge in [0.2, 0.25) is 5.91 Å². The van der Waals surface area contributed by atoms with Gasteiger partial charge in [-0.05, 0) is 42.1 Å². The van der Waals surface area contributed by atoms with Gasteiger partial charge in [0, 0.05) is 23.2 Å². The number of para-hydroxylation sites is 1. The molecule has 2 aromatic carbocycles. The average molecular weight is 320 g/mol. The summed E-state index contributed by atoms with van der Waals surface area (Å²) >= 11 is 0. The molecule has 0 aliphatic rings. The second kappa shape index (κ2) is 6.71. The van der Waals surface area contributed by atoms with Crippen LogP contribution in [0, 0.1) is 6.92 Å². The molecule has 1 aromatic heterocycles. The number of carbonyl (C=O) groups excluding carboxylic acids is 1. The molecule has 3 rings (SSSR count). The third-order valence-corrected chi connectivity index (χ3v) is 4.08. The molecular formula is C20H20N2O2. The number of pyridine rings is 1. The molecule has 0 aliphatic heterocycles. The van der Waals surface area contributed by atoms with Gasteiger partial charge in [-0.2, -0.15) is 0 Å². The van der Waals surface area contributed by atoms with Gasteiger partial charge in [-0.1, -0.05) is 37.3 Å². The Morgan fingerprint density at radius 3 is 2.54 bits per heavy atom. The molecule has 0 unspecified atom stereocenters. The van der Waals surface area contributed by atoms with Crippen LogP contribution in [-0.2, 0) is 11.3 Å². The predicted octanol–water partition coefficient (Wildman–Crippen LogP) is 3.78. The van der Waals surface area contributed by atoms with Gasteiger partial charge in [-0.15, -0.1) is 0 Å². The lowest BCUT2D eigenvalue weighted by molar-refractivity contribution is -0.118. The van der Waals surface area contributed by atoms with Crippen LogP contribution in [0.25, 0.3) is 10.9 Å². The van der Waals surface area contributed by atoms with E-state index in [4.69, 9.17) is 0 Å². The Balaban J connectivity index is 2.02. The zero-order valence-corrected chi connectivity index (χ0v) is 13.9. The minimum atomic E-state index is -0.155. The zero-order valence-electron chi connectivity index (χ0n) is 13.9. The monoisotopic (exact) mass is 320 g/mol. The molecule has 4 nitrogen and oxygen atoms in total. The van der Waals surface area contributed by atoms with Crippen LogP contribution in [0.3, 0.4) is 0 Å². The first kappa shape index (κ1) is 16.0. The Kier molecular flexibility index (Phi) is 4.47. The van der Waals surface area contributed by atoms with Crippen LogP contribution in [0.2, 0.25) is 0 Å². The van der Waals surface area contributed by atoms with Crippen molar-refractivity contribution in [3.05, 3.63) is 76.1 Å². The fourth-order valence-electron chi connectivity index (χ4n) is 2.77. The van der Waals surface area contributed by atoms with Gasteiger partial charge >= 0.3 is 0 Å². The van der Waals surface area contributed by atoms with Crippen molar-refractivity contribution >= 4 is 22.5 Å². The predicted molar refractivity (Wildman–Crippen MR) is 97.2 cm³/mol. The van der Waals surface area contributed by atoms with Gasteiger partial charge in [0.15, 0.2) is 0 Å². The highest BCUT2D eigenvalue weighted by Crippen LogP contribution is 2.19. The summed E-state index contributed by atoms with van der Waals surface area (Å²) in [7, 11) is 0. The van der Waals surface area contributed by atoms with Gasteiger partial charge in [-0.25, -0.2) is 0 Å². The lowest BCUT2D eigenvalue weighted by Gasteiger charge is -2.22. The van der Waals surface area contributed by atoms with E-state index in [1.54, 1.807) is 4.90 Å². The molecule has 122 valence electrons. The van der Waals surface area contributed by atoms with Crippen LogP contribution in [0.15, 0.2) is 59.4 Å². The van der Waals surface area contributed by atoms with E-state index in [1.807, 2.05) is 68.4 Å². The van der Waals surface area contributed by atoms with Crippen LogP contribution in [0.5, 0.6) is 0 Å². The number of carbonyl (C=O) groups is 1. The molecular weight excluding hydrogens is 300 g/mol. The number of anilines is 1. The number of rotatable bonds is 4. The van der Waals surface area contributed by atoms with Crippen LogP contribution >= 0.6 is 0 Å². The SMILES string of the molecule is CCC(=O)N(Cc1cc2ccc(C)cc2[nH]c1=O)c1ccccc1. The van der Waals surface area contributed by atoms with E-state index in [9.17, 15) is 9.59 Å². The number of nitrogens with zero attached hydrogens (tertiary/aromatic N) is 1. The first-order chi connectivity index (χ1) is 11.6. The number of H-pyrrole nitrogens is 1. The van der Waals surface area contributed by atoms with Gasteiger partial charge < -0.3 is 9.88 Å². The normalized spacial score (nSPS) is 10.8. The van der Waals surface area contributed by atoms with Gasteiger partial charge in [0.1, 0.15) is 0 Å². The van der Waals surface area contributed by atoms with Crippen molar-refractivity contribution < 1.29 is 4.79 Å². The number of aromatic amines is 1. The van der Waals surface area contributed by atoms with E-state index in [2.05, 4.69) is 4.98 Å². The summed E-state index contributed by atoms with van der Waals surface area (Å²) in [6, 6.07) is 17.3. The first-order valence-corrected chi connectivity index (χ1v) is 8.06. The standard InChI is InChI=1S/C20H20N2O2/c1-3-19(23)22(17-7-5-4-6-8-17)13-16-12-15-10-9-14(2)11-18(15)21-20(16)24/h4-12H,3,13H2,1-2H3,(H,21,24). The second-order valence-electron chi connectivity index (χ2n) is 5.88. The molecule has 3 aromatic rings. The summed E-state index contributed by atoms with van der Waals surface area (Å²) in [6.45, 7) is 4.07. The van der Waals surface area contributed by atoms with Gasteiger partial charge in [-0.3, -0.25) is 9.59 Å². The van der Waals surface area contributed by atoms with E-state index in [0.29, 0.717) is 12.0 Å². The summed E-state index contributed by atoms with van der Waals surface area (Å²) in [4.78, 5) is 29.4. The maximum Gasteiger partial charge on any atom is 0.253 e. The first-order valence-electron chi connectivity index (χ1n) is 8.06. The molecule has 4 heteroatoms. The second-order valence-corrected chi connectivity index (χ2v) is 5.88. The third-order valence-electron chi connectivity index (χ3n) is 4.08. The molecule has 0 saturated carbocycles. The Bertz CT molecular complexity index is 929. The quantitative estimate of drug-likeness (QED) is 0.795. The largest absolute Gasteiger partial charge is 0.322 e. The Morgan fingerprint density at radius 1 is 1.08 bits per heavy atom. The van der Waals surface area contributed by atoms with Crippen LogP contribution in [-0.4, -0.2) is 10.9 Å². The van der Waals surface area contributed by atoms with E-state index < -0.39 is 0 Å². The van der Waals surface area contributed by atoms with Crippen LogP contribution in [0.1, 0.15) is 24.5 Å². The Labute approximate surface area is 140 Å². The fraction of sp³-hybridized carbons (Fsp3) is 0.200. The van der Waals surface area contributed by atoms with Crippen molar-refractivity contribution in [2.75, 3.05) is 4.90 Å². The molecule has 24 heavy (non-hydrogen) atoms. The highest BCUT2D eigenvalue weighted by atomic mass is 16.2. The molecule has 1 amide bonds. The number of aromatic nitrogens is 1. The molecule has 0 atom stereocenters. The Morgan fingerprint density at radius 2 is 1.83 bits per heavy atom. The van der Waals surface area contributed by atoms with Crippen molar-refractivity contribution in [1.82, 2.24) is 4.98 Å². The van der Waals surface area contributed by atoms with Crippen LogP contribution < -0.4 is 10.5 Å². The molecule has 0 spiro atoms. The van der Waals surface area contributed by atoms with Crippen molar-refractivity contribution in [3.8, 4) is 0 Å². The number of hydrogen-bond acceptors (Lipinski definition) is 2. The van der Waals surface area contributed by atoms with Crippen LogP contribution in [0.4, 0.5) is 5.69 Å². The van der Waals surface area contributed by atoms with Crippen molar-refractivity contribution in [2.45, 2.75) is 26.8 Å². The summed E-state index contributed by atoms with van der Waals surface area (Å²) in [5.41, 5.74) is 3.14. The van der Waals surface area contributed by atoms with E-state index in [1.165, 1.54) is 0 Å². The molecule has 1 N–H and O–H groups in total. The average Bonchev–Trinajstić information content (AvgIpc) is 2.60. The van der Waals surface area contributed by atoms with Gasteiger partial charge in [0.05, 0.1) is 6.54 Å². The number of fused-ring (bicyclic) bond motifs is 1. The lowest BCUT2D eigenvalue weighted by atomic mass is 10.1. The lowest BCUT2D eigenvalue weighted by Crippen LogP contribution is -2.32. The topological polar surface area (TPSA) is 53.2 Å². The molecule has 0 aliphatic carbocycles. The maximum absolute atomic E-state index is 12.4. The Hall–Kier alpha value is -2.88. The summed E-state index contributed by atoms with van der Waals surface area (Å²) < 4.78 is 0. The van der Waals surface area contributed by atoms with E-state index >= 15 is 0 Å². The summed E-state index contributed by atoms with van der Waals surface area (Å²) in [5.74, 6) is -0.00963. The number of nitrogens with one attached hydrogen (secondary N) is 1. The molecule has 0 fully saturated rings. The number of amides is 1. The minimum Gasteiger partial charge on any atom is -0.322 e. The third kappa shape index (κ3) is 3.23. The van der Waals surface area contributed by atoms with Crippen molar-refractivity contribution in [1.29, 1.82) is 0 Å². The number of benzene rings is 2. The fourth-order valence-corrected chi connectivity index (χ4v) is 2.77. The highest BCUT2D eigenvalue weighted by Gasteiger charge is 2.16. The molecule has 0 radical (unpaired) electrons. The zero-order chi connectivity index (χ0) is 17.1. The van der Waals surface area contributed by atoms with Crippen molar-refractivity contribution in [2.24, 2.45) is 0 Å².